The van der Waals surface area contributed by atoms with Crippen LogP contribution < -0.4 is 15.8 Å². The second kappa shape index (κ2) is 6.95. The summed E-state index contributed by atoms with van der Waals surface area (Å²) in [5, 5.41) is 2.85. The predicted molar refractivity (Wildman–Crippen MR) is 91.8 cm³/mol. The van der Waals surface area contributed by atoms with Gasteiger partial charge in [-0.05, 0) is 63.0 Å². The lowest BCUT2D eigenvalue weighted by Gasteiger charge is -2.11. The summed E-state index contributed by atoms with van der Waals surface area (Å²) in [6.45, 7) is 2.39. The van der Waals surface area contributed by atoms with Crippen LogP contribution in [-0.2, 0) is 0 Å². The second-order valence-corrected chi connectivity index (χ2v) is 5.98. The van der Waals surface area contributed by atoms with E-state index >= 15 is 0 Å². The van der Waals surface area contributed by atoms with Crippen LogP contribution in [0.4, 0.5) is 11.4 Å². The zero-order valence-electron chi connectivity index (χ0n) is 11.3. The molecule has 3 N–H and O–H groups in total. The van der Waals surface area contributed by atoms with Gasteiger partial charge in [0.25, 0.3) is 5.91 Å². The van der Waals surface area contributed by atoms with Crippen LogP contribution in [0.15, 0.2) is 45.3 Å². The Morgan fingerprint density at radius 1 is 1.24 bits per heavy atom. The number of nitrogens with two attached hydrogens (primary N) is 1. The highest BCUT2D eigenvalue weighted by Gasteiger charge is 2.12. The van der Waals surface area contributed by atoms with Gasteiger partial charge in [-0.1, -0.05) is 6.07 Å². The first-order valence-corrected chi connectivity index (χ1v) is 7.88. The van der Waals surface area contributed by atoms with Crippen molar-refractivity contribution < 1.29 is 9.53 Å². The number of ether oxygens (including phenoxy) is 1. The number of carbonyl (C=O) groups is 1. The molecule has 4 nitrogen and oxygen atoms in total. The fourth-order valence-corrected chi connectivity index (χ4v) is 3.00. The van der Waals surface area contributed by atoms with Crippen LogP contribution in [0.2, 0.25) is 0 Å². The van der Waals surface area contributed by atoms with Gasteiger partial charge in [0.05, 0.1) is 12.3 Å². The van der Waals surface area contributed by atoms with E-state index in [1.165, 1.54) is 0 Å². The normalized spacial score (nSPS) is 10.2. The van der Waals surface area contributed by atoms with E-state index in [4.69, 9.17) is 10.5 Å². The highest BCUT2D eigenvalue weighted by molar-refractivity contribution is 9.11. The molecule has 0 aliphatic rings. The maximum atomic E-state index is 12.4. The molecule has 0 saturated heterocycles. The van der Waals surface area contributed by atoms with Crippen molar-refractivity contribution in [2.45, 2.75) is 6.92 Å². The van der Waals surface area contributed by atoms with Crippen molar-refractivity contribution in [3.05, 3.63) is 50.9 Å². The molecule has 0 saturated carbocycles. The lowest BCUT2D eigenvalue weighted by molar-refractivity contribution is 0.102. The minimum absolute atomic E-state index is 0.254. The van der Waals surface area contributed by atoms with Gasteiger partial charge < -0.3 is 15.8 Å². The molecule has 0 bridgehead atoms. The first kappa shape index (κ1) is 15.9. The van der Waals surface area contributed by atoms with Gasteiger partial charge in [-0.3, -0.25) is 4.79 Å². The molecule has 110 valence electrons. The fourth-order valence-electron chi connectivity index (χ4n) is 1.81. The molecule has 0 aliphatic carbocycles. The monoisotopic (exact) mass is 412 g/mol. The second-order valence-electron chi connectivity index (χ2n) is 4.27. The van der Waals surface area contributed by atoms with E-state index in [0.29, 0.717) is 29.3 Å². The van der Waals surface area contributed by atoms with Crippen molar-refractivity contribution in [2.75, 3.05) is 17.7 Å². The van der Waals surface area contributed by atoms with E-state index in [-0.39, 0.29) is 5.91 Å². The van der Waals surface area contributed by atoms with Crippen LogP contribution in [0.3, 0.4) is 0 Å². The van der Waals surface area contributed by atoms with Gasteiger partial charge >= 0.3 is 0 Å². The Hall–Kier alpha value is -1.53. The maximum absolute atomic E-state index is 12.4. The van der Waals surface area contributed by atoms with Crippen molar-refractivity contribution in [2.24, 2.45) is 0 Å². The van der Waals surface area contributed by atoms with Crippen LogP contribution in [0.1, 0.15) is 17.3 Å². The molecular weight excluding hydrogens is 400 g/mol. The van der Waals surface area contributed by atoms with Crippen molar-refractivity contribution >= 4 is 49.1 Å². The quantitative estimate of drug-likeness (QED) is 0.728. The number of nitrogen functional groups attached to an aromatic ring is 1. The van der Waals surface area contributed by atoms with E-state index in [2.05, 4.69) is 37.2 Å². The summed E-state index contributed by atoms with van der Waals surface area (Å²) in [6.07, 6.45) is 0. The standard InChI is InChI=1S/C15H14Br2N2O2/c1-2-21-11-7-9(6-10(18)8-11)15(20)19-14-12(16)4-3-5-13(14)17/h3-8H,2,18H2,1H3,(H,19,20). The van der Waals surface area contributed by atoms with Crippen LogP contribution in [0.5, 0.6) is 5.75 Å². The molecule has 21 heavy (non-hydrogen) atoms. The van der Waals surface area contributed by atoms with Gasteiger partial charge in [0.2, 0.25) is 0 Å². The minimum atomic E-state index is -0.254. The van der Waals surface area contributed by atoms with Crippen molar-refractivity contribution in [1.29, 1.82) is 0 Å². The Bertz CT molecular complexity index is 654. The molecule has 0 unspecified atom stereocenters. The largest absolute Gasteiger partial charge is 0.494 e. The molecule has 1 amide bonds. The topological polar surface area (TPSA) is 64.3 Å². The summed E-state index contributed by atoms with van der Waals surface area (Å²) >= 11 is 6.82. The highest BCUT2D eigenvalue weighted by Crippen LogP contribution is 2.31. The average Bonchev–Trinajstić information content (AvgIpc) is 2.42. The summed E-state index contributed by atoms with van der Waals surface area (Å²) in [6, 6.07) is 10.5. The number of hydrogen-bond donors (Lipinski definition) is 2. The minimum Gasteiger partial charge on any atom is -0.494 e. The third-order valence-electron chi connectivity index (χ3n) is 2.70. The molecule has 0 radical (unpaired) electrons. The molecule has 0 spiro atoms. The first-order valence-electron chi connectivity index (χ1n) is 6.30. The lowest BCUT2D eigenvalue weighted by atomic mass is 10.1. The van der Waals surface area contributed by atoms with Gasteiger partial charge in [-0.2, -0.15) is 0 Å². The van der Waals surface area contributed by atoms with Crippen molar-refractivity contribution in [3.8, 4) is 5.75 Å². The van der Waals surface area contributed by atoms with Crippen LogP contribution in [0, 0.1) is 0 Å². The van der Waals surface area contributed by atoms with E-state index in [1.54, 1.807) is 18.2 Å². The molecule has 0 fully saturated rings. The predicted octanol–water partition coefficient (Wildman–Crippen LogP) is 4.44. The fraction of sp³-hybridized carbons (Fsp3) is 0.133. The van der Waals surface area contributed by atoms with E-state index in [0.717, 1.165) is 8.95 Å². The number of benzene rings is 2. The van der Waals surface area contributed by atoms with Gasteiger partial charge in [0.15, 0.2) is 0 Å². The van der Waals surface area contributed by atoms with E-state index in [9.17, 15) is 4.79 Å². The number of amides is 1. The van der Waals surface area contributed by atoms with Gasteiger partial charge in [-0.15, -0.1) is 0 Å². The van der Waals surface area contributed by atoms with Crippen LogP contribution in [0.25, 0.3) is 0 Å². The number of hydrogen-bond acceptors (Lipinski definition) is 3. The number of rotatable bonds is 4. The van der Waals surface area contributed by atoms with Crippen LogP contribution in [-0.4, -0.2) is 12.5 Å². The zero-order valence-corrected chi connectivity index (χ0v) is 14.5. The SMILES string of the molecule is CCOc1cc(N)cc(C(=O)Nc2c(Br)cccc2Br)c1. The maximum Gasteiger partial charge on any atom is 0.255 e. The third-order valence-corrected chi connectivity index (χ3v) is 4.03. The smallest absolute Gasteiger partial charge is 0.255 e. The summed E-state index contributed by atoms with van der Waals surface area (Å²) in [7, 11) is 0. The Morgan fingerprint density at radius 3 is 2.52 bits per heavy atom. The summed E-state index contributed by atoms with van der Waals surface area (Å²) in [4.78, 5) is 12.4. The number of para-hydroxylation sites is 1. The van der Waals surface area contributed by atoms with Crippen LogP contribution >= 0.6 is 31.9 Å². The van der Waals surface area contributed by atoms with E-state index in [1.807, 2.05) is 25.1 Å². The number of anilines is 2. The zero-order chi connectivity index (χ0) is 15.4. The summed E-state index contributed by atoms with van der Waals surface area (Å²) < 4.78 is 6.98. The third kappa shape index (κ3) is 3.98. The Kier molecular flexibility index (Phi) is 5.25. The van der Waals surface area contributed by atoms with E-state index < -0.39 is 0 Å². The molecule has 2 rings (SSSR count). The van der Waals surface area contributed by atoms with Gasteiger partial charge in [0.1, 0.15) is 5.75 Å². The first-order chi connectivity index (χ1) is 10.0. The molecule has 2 aromatic carbocycles. The highest BCUT2D eigenvalue weighted by atomic mass is 79.9. The Labute approximate surface area is 139 Å². The number of carbonyl (C=O) groups excluding carboxylic acids is 1. The molecule has 6 heteroatoms. The Balaban J connectivity index is 2.28. The molecule has 0 atom stereocenters. The molecular formula is C15H14Br2N2O2. The molecule has 0 heterocycles. The Morgan fingerprint density at radius 2 is 1.90 bits per heavy atom. The number of nitrogens with one attached hydrogen (secondary N) is 1. The summed E-state index contributed by atoms with van der Waals surface area (Å²) in [5.41, 5.74) is 7.40. The molecule has 2 aromatic rings. The molecule has 0 aliphatic heterocycles. The van der Waals surface area contributed by atoms with Gasteiger partial charge in [0, 0.05) is 26.3 Å². The lowest BCUT2D eigenvalue weighted by Crippen LogP contribution is -2.13. The van der Waals surface area contributed by atoms with Crippen molar-refractivity contribution in [3.63, 3.8) is 0 Å². The van der Waals surface area contributed by atoms with Crippen molar-refractivity contribution in [1.82, 2.24) is 0 Å². The molecule has 0 aromatic heterocycles. The number of halogens is 2. The average molecular weight is 414 g/mol. The van der Waals surface area contributed by atoms with Gasteiger partial charge in [-0.25, -0.2) is 0 Å². The summed E-state index contributed by atoms with van der Waals surface area (Å²) in [5.74, 6) is 0.324.